The average molecular weight is 289 g/mol. The summed E-state index contributed by atoms with van der Waals surface area (Å²) in [5.74, 6) is 1.58. The number of benzene rings is 1. The van der Waals surface area contributed by atoms with Crippen molar-refractivity contribution in [1.29, 1.82) is 0 Å². The molecule has 0 saturated carbocycles. The van der Waals surface area contributed by atoms with Gasteiger partial charge in [-0.05, 0) is 12.1 Å². The van der Waals surface area contributed by atoms with E-state index in [0.717, 1.165) is 6.20 Å². The number of hydrogen-bond donors (Lipinski definition) is 2. The molecule has 0 aliphatic carbocycles. The standard InChI is InChI=1S/C12H11N5O4/c1-13-12-14-5-8(17(18)19)11(16-12)15-7-2-3-9-10(4-7)21-6-20-9/h2-5H,6H2,1H3,(H2,13,14,15,16). The molecule has 0 amide bonds. The maximum Gasteiger partial charge on any atom is 0.329 e. The third kappa shape index (κ3) is 2.48. The van der Waals surface area contributed by atoms with Gasteiger partial charge in [0, 0.05) is 18.8 Å². The molecular formula is C12H11N5O4. The number of hydrogen-bond acceptors (Lipinski definition) is 8. The van der Waals surface area contributed by atoms with E-state index in [0.29, 0.717) is 17.2 Å². The predicted octanol–water partition coefficient (Wildman–Crippen LogP) is 1.90. The van der Waals surface area contributed by atoms with Gasteiger partial charge in [-0.25, -0.2) is 4.98 Å². The van der Waals surface area contributed by atoms with Crippen LogP contribution in [-0.2, 0) is 0 Å². The Labute approximate surface area is 119 Å². The fourth-order valence-corrected chi connectivity index (χ4v) is 1.83. The molecule has 1 aliphatic heterocycles. The van der Waals surface area contributed by atoms with Gasteiger partial charge in [0.05, 0.1) is 4.92 Å². The van der Waals surface area contributed by atoms with E-state index >= 15 is 0 Å². The van der Waals surface area contributed by atoms with Crippen molar-refractivity contribution in [1.82, 2.24) is 9.97 Å². The normalized spacial score (nSPS) is 12.0. The maximum absolute atomic E-state index is 11.0. The number of rotatable bonds is 4. The van der Waals surface area contributed by atoms with Gasteiger partial charge in [0.1, 0.15) is 6.20 Å². The molecule has 9 heteroatoms. The first kappa shape index (κ1) is 12.9. The number of nitrogens with one attached hydrogen (secondary N) is 2. The number of anilines is 3. The largest absolute Gasteiger partial charge is 0.454 e. The van der Waals surface area contributed by atoms with Crippen LogP contribution in [0.5, 0.6) is 11.5 Å². The second kappa shape index (κ2) is 5.12. The van der Waals surface area contributed by atoms with Crippen LogP contribution in [0, 0.1) is 10.1 Å². The zero-order valence-electron chi connectivity index (χ0n) is 11.0. The van der Waals surface area contributed by atoms with Gasteiger partial charge in [-0.1, -0.05) is 0 Å². The summed E-state index contributed by atoms with van der Waals surface area (Å²) < 4.78 is 10.5. The van der Waals surface area contributed by atoms with Gasteiger partial charge < -0.3 is 20.1 Å². The molecule has 0 radical (unpaired) electrons. The van der Waals surface area contributed by atoms with Gasteiger partial charge in [-0.2, -0.15) is 4.98 Å². The molecule has 2 N–H and O–H groups in total. The SMILES string of the molecule is CNc1ncc([N+](=O)[O-])c(Nc2ccc3c(c2)OCO3)n1. The van der Waals surface area contributed by atoms with Crippen molar-refractivity contribution >= 4 is 23.1 Å². The summed E-state index contributed by atoms with van der Waals surface area (Å²) >= 11 is 0. The Hall–Kier alpha value is -3.10. The summed E-state index contributed by atoms with van der Waals surface area (Å²) in [4.78, 5) is 18.4. The van der Waals surface area contributed by atoms with Crippen molar-refractivity contribution in [3.05, 3.63) is 34.5 Å². The number of aromatic nitrogens is 2. The fraction of sp³-hybridized carbons (Fsp3) is 0.167. The molecule has 0 saturated heterocycles. The minimum atomic E-state index is -0.547. The van der Waals surface area contributed by atoms with Crippen molar-refractivity contribution in [2.45, 2.75) is 0 Å². The van der Waals surface area contributed by atoms with E-state index in [4.69, 9.17) is 9.47 Å². The lowest BCUT2D eigenvalue weighted by molar-refractivity contribution is -0.384. The minimum Gasteiger partial charge on any atom is -0.454 e. The van der Waals surface area contributed by atoms with Gasteiger partial charge in [-0.15, -0.1) is 0 Å². The van der Waals surface area contributed by atoms with E-state index in [1.54, 1.807) is 25.2 Å². The molecule has 0 fully saturated rings. The monoisotopic (exact) mass is 289 g/mol. The second-order valence-electron chi connectivity index (χ2n) is 4.13. The zero-order chi connectivity index (χ0) is 14.8. The third-order valence-electron chi connectivity index (χ3n) is 2.83. The lowest BCUT2D eigenvalue weighted by Crippen LogP contribution is -2.04. The highest BCUT2D eigenvalue weighted by Gasteiger charge is 2.19. The average Bonchev–Trinajstić information content (AvgIpc) is 2.94. The van der Waals surface area contributed by atoms with Gasteiger partial charge in [-0.3, -0.25) is 10.1 Å². The highest BCUT2D eigenvalue weighted by Crippen LogP contribution is 2.35. The van der Waals surface area contributed by atoms with E-state index in [1.165, 1.54) is 0 Å². The van der Waals surface area contributed by atoms with Gasteiger partial charge in [0.25, 0.3) is 0 Å². The topological polar surface area (TPSA) is 111 Å². The first-order valence-electron chi connectivity index (χ1n) is 6.03. The quantitative estimate of drug-likeness (QED) is 0.648. The van der Waals surface area contributed by atoms with Crippen molar-refractivity contribution in [2.75, 3.05) is 24.5 Å². The lowest BCUT2D eigenvalue weighted by Gasteiger charge is -2.08. The molecule has 1 aromatic heterocycles. The Morgan fingerprint density at radius 1 is 1.33 bits per heavy atom. The molecule has 3 rings (SSSR count). The van der Waals surface area contributed by atoms with Crippen molar-refractivity contribution in [3.8, 4) is 11.5 Å². The van der Waals surface area contributed by atoms with Crippen LogP contribution in [0.25, 0.3) is 0 Å². The molecule has 21 heavy (non-hydrogen) atoms. The maximum atomic E-state index is 11.0. The predicted molar refractivity (Wildman–Crippen MR) is 74.1 cm³/mol. The van der Waals surface area contributed by atoms with Crippen molar-refractivity contribution < 1.29 is 14.4 Å². The van der Waals surface area contributed by atoms with E-state index in [-0.39, 0.29) is 24.2 Å². The van der Waals surface area contributed by atoms with Crippen molar-refractivity contribution in [3.63, 3.8) is 0 Å². The zero-order valence-corrected chi connectivity index (χ0v) is 11.0. The van der Waals surface area contributed by atoms with E-state index in [9.17, 15) is 10.1 Å². The summed E-state index contributed by atoms with van der Waals surface area (Å²) in [7, 11) is 1.63. The van der Waals surface area contributed by atoms with E-state index in [2.05, 4.69) is 20.6 Å². The molecule has 1 aliphatic rings. The molecule has 0 spiro atoms. The Kier molecular flexibility index (Phi) is 3.14. The molecular weight excluding hydrogens is 278 g/mol. The Bertz CT molecular complexity index is 706. The molecule has 0 unspecified atom stereocenters. The molecule has 108 valence electrons. The van der Waals surface area contributed by atoms with Crippen LogP contribution in [0.4, 0.5) is 23.1 Å². The second-order valence-corrected chi connectivity index (χ2v) is 4.13. The summed E-state index contributed by atoms with van der Waals surface area (Å²) in [5, 5.41) is 16.6. The van der Waals surface area contributed by atoms with Crippen LogP contribution in [-0.4, -0.2) is 28.7 Å². The van der Waals surface area contributed by atoms with Crippen LogP contribution >= 0.6 is 0 Å². The lowest BCUT2D eigenvalue weighted by atomic mass is 10.2. The van der Waals surface area contributed by atoms with Gasteiger partial charge in [0.2, 0.25) is 18.6 Å². The molecule has 9 nitrogen and oxygen atoms in total. The van der Waals surface area contributed by atoms with E-state index in [1.807, 2.05) is 0 Å². The Balaban J connectivity index is 1.95. The molecule has 1 aromatic carbocycles. The van der Waals surface area contributed by atoms with Crippen LogP contribution in [0.15, 0.2) is 24.4 Å². The van der Waals surface area contributed by atoms with Gasteiger partial charge in [0.15, 0.2) is 11.5 Å². The van der Waals surface area contributed by atoms with Crippen LogP contribution in [0.2, 0.25) is 0 Å². The summed E-state index contributed by atoms with van der Waals surface area (Å²) in [6.07, 6.45) is 1.15. The summed E-state index contributed by atoms with van der Waals surface area (Å²) in [5.41, 5.74) is 0.384. The van der Waals surface area contributed by atoms with Crippen LogP contribution in [0.3, 0.4) is 0 Å². The first-order valence-corrected chi connectivity index (χ1v) is 6.03. The first-order chi connectivity index (χ1) is 10.2. The third-order valence-corrected chi connectivity index (χ3v) is 2.83. The number of nitrogens with zero attached hydrogens (tertiary/aromatic N) is 3. The molecule has 0 bridgehead atoms. The molecule has 2 aromatic rings. The highest BCUT2D eigenvalue weighted by atomic mass is 16.7. The van der Waals surface area contributed by atoms with Crippen LogP contribution in [0.1, 0.15) is 0 Å². The van der Waals surface area contributed by atoms with Crippen LogP contribution < -0.4 is 20.1 Å². The molecule has 2 heterocycles. The Morgan fingerprint density at radius 3 is 2.90 bits per heavy atom. The Morgan fingerprint density at radius 2 is 2.14 bits per heavy atom. The summed E-state index contributed by atoms with van der Waals surface area (Å²) in [6, 6.07) is 5.13. The molecule has 0 atom stereocenters. The number of fused-ring (bicyclic) bond motifs is 1. The smallest absolute Gasteiger partial charge is 0.329 e. The number of nitro groups is 1. The highest BCUT2D eigenvalue weighted by molar-refractivity contribution is 5.68. The summed E-state index contributed by atoms with van der Waals surface area (Å²) in [6.45, 7) is 0.163. The fourth-order valence-electron chi connectivity index (χ4n) is 1.83. The van der Waals surface area contributed by atoms with Gasteiger partial charge >= 0.3 is 5.69 Å². The number of ether oxygens (including phenoxy) is 2. The van der Waals surface area contributed by atoms with Crippen molar-refractivity contribution in [2.24, 2.45) is 0 Å². The minimum absolute atomic E-state index is 0.0956. The van der Waals surface area contributed by atoms with E-state index < -0.39 is 4.92 Å².